The monoisotopic (exact) mass is 414 g/mol. The third-order valence-electron chi connectivity index (χ3n) is 5.90. The zero-order valence-electron chi connectivity index (χ0n) is 16.3. The van der Waals surface area contributed by atoms with Crippen LogP contribution < -0.4 is 4.90 Å². The third-order valence-corrected chi connectivity index (χ3v) is 6.45. The van der Waals surface area contributed by atoms with Crippen molar-refractivity contribution in [3.63, 3.8) is 0 Å². The van der Waals surface area contributed by atoms with Gasteiger partial charge in [-0.25, -0.2) is 4.98 Å². The van der Waals surface area contributed by atoms with Gasteiger partial charge < -0.3 is 4.90 Å². The Bertz CT molecular complexity index is 1050. The zero-order chi connectivity index (χ0) is 19.4. The Morgan fingerprint density at radius 2 is 2.00 bits per heavy atom. The molecule has 0 N–H and O–H groups in total. The fourth-order valence-electron chi connectivity index (χ4n) is 4.40. The smallest absolute Gasteiger partial charge is 0.120 e. The minimum Gasteiger partial charge on any atom is -0.365 e. The minimum atomic E-state index is 0.483. The maximum absolute atomic E-state index is 6.52. The average Bonchev–Trinajstić information content (AvgIpc) is 3.40. The van der Waals surface area contributed by atoms with E-state index in [0.717, 1.165) is 47.0 Å². The van der Waals surface area contributed by atoms with E-state index in [-0.39, 0.29) is 0 Å². The maximum Gasteiger partial charge on any atom is 0.120 e. The predicted octanol–water partition coefficient (Wildman–Crippen LogP) is 6.11. The second kappa shape index (κ2) is 6.93. The number of anilines is 1. The fraction of sp³-hybridized carbons (Fsp3) is 0.455. The number of benzene rings is 1. The molecule has 4 nitrogen and oxygen atoms in total. The van der Waals surface area contributed by atoms with E-state index in [0.29, 0.717) is 16.1 Å². The van der Waals surface area contributed by atoms with E-state index in [1.807, 2.05) is 12.1 Å². The summed E-state index contributed by atoms with van der Waals surface area (Å²) in [4.78, 5) is 7.51. The van der Waals surface area contributed by atoms with Gasteiger partial charge in [0.1, 0.15) is 16.7 Å². The van der Waals surface area contributed by atoms with Crippen LogP contribution in [0.5, 0.6) is 0 Å². The maximum atomic E-state index is 6.52. The summed E-state index contributed by atoms with van der Waals surface area (Å²) in [6.07, 6.45) is 5.05. The molecule has 6 heteroatoms. The van der Waals surface area contributed by atoms with Crippen molar-refractivity contribution in [2.45, 2.75) is 52.1 Å². The summed E-state index contributed by atoms with van der Waals surface area (Å²) >= 11 is 12.6. The van der Waals surface area contributed by atoms with Gasteiger partial charge in [-0.2, -0.15) is 5.10 Å². The molecule has 0 amide bonds. The normalized spacial score (nSPS) is 18.9. The second-order valence-electron chi connectivity index (χ2n) is 8.17. The number of aryl methyl sites for hydroxylation is 1. The van der Waals surface area contributed by atoms with Gasteiger partial charge in [0, 0.05) is 28.9 Å². The molecule has 146 valence electrons. The lowest BCUT2D eigenvalue weighted by molar-refractivity contribution is 0.437. The highest BCUT2D eigenvalue weighted by Crippen LogP contribution is 2.42. The summed E-state index contributed by atoms with van der Waals surface area (Å²) in [7, 11) is 0. The zero-order valence-corrected chi connectivity index (χ0v) is 17.8. The standard InChI is InChI=1S/C22H24Cl2N4/c1-3-4-16-12-28-22-19(27(16)11-14-5-6-14)9-13(2)25-21(22)20(26-28)17-8-7-15(23)10-18(17)24/h7-10,14,16H,3-6,11-12H2,1-2H3/t16-/m0/s1. The predicted molar refractivity (Wildman–Crippen MR) is 116 cm³/mol. The molecule has 0 bridgehead atoms. The molecule has 0 spiro atoms. The van der Waals surface area contributed by atoms with Crippen molar-refractivity contribution in [2.75, 3.05) is 11.4 Å². The van der Waals surface area contributed by atoms with Crippen LogP contribution >= 0.6 is 23.2 Å². The minimum absolute atomic E-state index is 0.483. The molecule has 1 fully saturated rings. The highest BCUT2D eigenvalue weighted by Gasteiger charge is 2.34. The summed E-state index contributed by atoms with van der Waals surface area (Å²) < 4.78 is 2.15. The first kappa shape index (κ1) is 18.3. The van der Waals surface area contributed by atoms with Gasteiger partial charge in [-0.15, -0.1) is 0 Å². The Hall–Kier alpha value is -1.78. The topological polar surface area (TPSA) is 34.0 Å². The van der Waals surface area contributed by atoms with Crippen molar-refractivity contribution in [1.82, 2.24) is 14.8 Å². The first-order chi connectivity index (χ1) is 13.5. The lowest BCUT2D eigenvalue weighted by atomic mass is 10.0. The van der Waals surface area contributed by atoms with Crippen LogP contribution in [-0.2, 0) is 6.54 Å². The van der Waals surface area contributed by atoms with Crippen LogP contribution in [0.2, 0.25) is 10.0 Å². The lowest BCUT2D eigenvalue weighted by Gasteiger charge is -2.38. The van der Waals surface area contributed by atoms with Gasteiger partial charge in [-0.05, 0) is 56.4 Å². The van der Waals surface area contributed by atoms with E-state index in [2.05, 4.69) is 29.5 Å². The highest BCUT2D eigenvalue weighted by molar-refractivity contribution is 6.36. The Morgan fingerprint density at radius 1 is 1.18 bits per heavy atom. The van der Waals surface area contributed by atoms with Gasteiger partial charge >= 0.3 is 0 Å². The van der Waals surface area contributed by atoms with Gasteiger partial charge in [0.05, 0.1) is 17.3 Å². The number of hydrogen-bond acceptors (Lipinski definition) is 3. The lowest BCUT2D eigenvalue weighted by Crippen LogP contribution is -2.43. The Balaban J connectivity index is 1.71. The quantitative estimate of drug-likeness (QED) is 0.504. The summed E-state index contributed by atoms with van der Waals surface area (Å²) in [5.41, 5.74) is 6.12. The van der Waals surface area contributed by atoms with Crippen molar-refractivity contribution in [3.8, 4) is 11.3 Å². The molecule has 2 aliphatic rings. The molecule has 2 aromatic heterocycles. The summed E-state index contributed by atoms with van der Waals surface area (Å²) in [6.45, 7) is 6.38. The van der Waals surface area contributed by atoms with Gasteiger partial charge in [0.2, 0.25) is 0 Å². The van der Waals surface area contributed by atoms with Crippen LogP contribution in [0.4, 0.5) is 5.69 Å². The molecule has 3 aromatic rings. The SMILES string of the molecule is CCC[C@H]1Cn2nc(-c3ccc(Cl)cc3Cl)c3nc(C)cc(c32)N1CC1CC1. The summed E-state index contributed by atoms with van der Waals surface area (Å²) in [5, 5.41) is 6.23. The largest absolute Gasteiger partial charge is 0.365 e. The van der Waals surface area contributed by atoms with Crippen LogP contribution in [0.15, 0.2) is 24.3 Å². The number of pyridine rings is 1. The van der Waals surface area contributed by atoms with E-state index >= 15 is 0 Å². The molecule has 5 rings (SSSR count). The molecule has 1 saturated carbocycles. The van der Waals surface area contributed by atoms with Crippen molar-refractivity contribution in [3.05, 3.63) is 40.0 Å². The molecule has 1 aromatic carbocycles. The van der Waals surface area contributed by atoms with Gasteiger partial charge in [-0.1, -0.05) is 36.5 Å². The van der Waals surface area contributed by atoms with Crippen LogP contribution in [0.25, 0.3) is 22.3 Å². The van der Waals surface area contributed by atoms with Crippen molar-refractivity contribution in [1.29, 1.82) is 0 Å². The van der Waals surface area contributed by atoms with Crippen LogP contribution in [0.1, 0.15) is 38.3 Å². The molecule has 1 aliphatic carbocycles. The van der Waals surface area contributed by atoms with Gasteiger partial charge in [0.25, 0.3) is 0 Å². The molecular weight excluding hydrogens is 391 g/mol. The van der Waals surface area contributed by atoms with Crippen LogP contribution in [-0.4, -0.2) is 27.4 Å². The van der Waals surface area contributed by atoms with E-state index in [4.69, 9.17) is 33.3 Å². The van der Waals surface area contributed by atoms with Crippen molar-refractivity contribution >= 4 is 39.9 Å². The van der Waals surface area contributed by atoms with E-state index in [1.54, 1.807) is 6.07 Å². The molecule has 0 unspecified atom stereocenters. The Kier molecular flexibility index (Phi) is 4.52. The molecule has 28 heavy (non-hydrogen) atoms. The number of nitrogens with zero attached hydrogens (tertiary/aromatic N) is 4. The van der Waals surface area contributed by atoms with E-state index in [1.165, 1.54) is 31.4 Å². The van der Waals surface area contributed by atoms with Crippen molar-refractivity contribution < 1.29 is 0 Å². The fourth-order valence-corrected chi connectivity index (χ4v) is 4.90. The average molecular weight is 415 g/mol. The molecule has 0 radical (unpaired) electrons. The molecule has 1 aliphatic heterocycles. The Morgan fingerprint density at radius 3 is 2.71 bits per heavy atom. The highest BCUT2D eigenvalue weighted by atomic mass is 35.5. The van der Waals surface area contributed by atoms with Crippen LogP contribution in [0.3, 0.4) is 0 Å². The van der Waals surface area contributed by atoms with Gasteiger partial charge in [0.15, 0.2) is 0 Å². The summed E-state index contributed by atoms with van der Waals surface area (Å²) in [6, 6.07) is 8.31. The summed E-state index contributed by atoms with van der Waals surface area (Å²) in [5.74, 6) is 0.836. The third kappa shape index (κ3) is 3.07. The molecular formula is C22H24Cl2N4. The second-order valence-corrected chi connectivity index (χ2v) is 9.02. The first-order valence-corrected chi connectivity index (χ1v) is 10.9. The molecule has 3 heterocycles. The number of halogens is 2. The molecule has 0 saturated heterocycles. The van der Waals surface area contributed by atoms with Gasteiger partial charge in [-0.3, -0.25) is 4.68 Å². The number of aromatic nitrogens is 3. The van der Waals surface area contributed by atoms with E-state index < -0.39 is 0 Å². The molecule has 1 atom stereocenters. The number of rotatable bonds is 5. The van der Waals surface area contributed by atoms with E-state index in [9.17, 15) is 0 Å². The first-order valence-electron chi connectivity index (χ1n) is 10.2. The number of hydrogen-bond donors (Lipinski definition) is 0. The van der Waals surface area contributed by atoms with Crippen molar-refractivity contribution in [2.24, 2.45) is 5.92 Å². The Labute approximate surface area is 175 Å². The van der Waals surface area contributed by atoms with Crippen LogP contribution in [0, 0.1) is 12.8 Å².